The highest BCUT2D eigenvalue weighted by Gasteiger charge is 2.18. The third-order valence-electron chi connectivity index (χ3n) is 8.05. The number of hydrogen-bond acceptors (Lipinski definition) is 9. The zero-order chi connectivity index (χ0) is 33.3. The van der Waals surface area contributed by atoms with Crippen molar-refractivity contribution in [2.24, 2.45) is 0 Å². The summed E-state index contributed by atoms with van der Waals surface area (Å²) in [6.45, 7) is 5.62. The van der Waals surface area contributed by atoms with Crippen LogP contribution in [0.2, 0.25) is 0 Å². The summed E-state index contributed by atoms with van der Waals surface area (Å²) in [6.07, 6.45) is 0. The van der Waals surface area contributed by atoms with E-state index in [2.05, 4.69) is 44.2 Å². The van der Waals surface area contributed by atoms with Crippen molar-refractivity contribution in [1.82, 2.24) is 44.9 Å². The van der Waals surface area contributed by atoms with Crippen LogP contribution in [0.4, 0.5) is 0 Å². The molecule has 3 aromatic heterocycles. The Morgan fingerprint density at radius 1 is 0.306 bits per heavy atom. The molecule has 234 valence electrons. The zero-order valence-corrected chi connectivity index (χ0v) is 27.1. The molecule has 0 amide bonds. The van der Waals surface area contributed by atoms with Crippen LogP contribution >= 0.6 is 0 Å². The molecule has 0 aliphatic rings. The van der Waals surface area contributed by atoms with Gasteiger partial charge in [0, 0.05) is 33.4 Å². The summed E-state index contributed by atoms with van der Waals surface area (Å²) in [5.41, 5.74) is 5.15. The molecule has 8 aromatic rings. The molecule has 5 aromatic carbocycles. The molecule has 0 atom stereocenters. The third kappa shape index (κ3) is 6.13. The second kappa shape index (κ2) is 12.5. The summed E-state index contributed by atoms with van der Waals surface area (Å²) >= 11 is 0. The van der Waals surface area contributed by atoms with Crippen molar-refractivity contribution in [2.75, 3.05) is 0 Å². The van der Waals surface area contributed by atoms with E-state index in [1.54, 1.807) is 0 Å². The van der Waals surface area contributed by atoms with Gasteiger partial charge >= 0.3 is 0 Å². The van der Waals surface area contributed by atoms with E-state index in [9.17, 15) is 0 Å². The van der Waals surface area contributed by atoms with Crippen molar-refractivity contribution in [2.45, 2.75) is 20.8 Å². The zero-order valence-electron chi connectivity index (χ0n) is 27.1. The van der Waals surface area contributed by atoms with Crippen molar-refractivity contribution >= 4 is 10.8 Å². The average molecular weight is 636 g/mol. The lowest BCUT2D eigenvalue weighted by Gasteiger charge is -2.13. The van der Waals surface area contributed by atoms with Gasteiger partial charge in [-0.1, -0.05) is 103 Å². The van der Waals surface area contributed by atoms with E-state index in [0.29, 0.717) is 52.4 Å². The van der Waals surface area contributed by atoms with Crippen molar-refractivity contribution in [3.8, 4) is 68.3 Å². The number of hydrogen-bond donors (Lipinski definition) is 0. The van der Waals surface area contributed by atoms with Gasteiger partial charge in [-0.15, -0.1) is 0 Å². The average Bonchev–Trinajstić information content (AvgIpc) is 3.14. The smallest absolute Gasteiger partial charge is 0.164 e. The van der Waals surface area contributed by atoms with Gasteiger partial charge in [0.2, 0.25) is 0 Å². The van der Waals surface area contributed by atoms with Crippen LogP contribution in [0.1, 0.15) is 17.5 Å². The quantitative estimate of drug-likeness (QED) is 0.178. The first kappa shape index (κ1) is 29.8. The predicted octanol–water partition coefficient (Wildman–Crippen LogP) is 8.32. The monoisotopic (exact) mass is 635 g/mol. The highest BCUT2D eigenvalue weighted by Crippen LogP contribution is 2.34. The van der Waals surface area contributed by atoms with Gasteiger partial charge in [-0.3, -0.25) is 0 Å². The maximum Gasteiger partial charge on any atom is 0.164 e. The van der Waals surface area contributed by atoms with Crippen LogP contribution in [0.5, 0.6) is 0 Å². The Bertz CT molecular complexity index is 2460. The number of benzene rings is 5. The van der Waals surface area contributed by atoms with Gasteiger partial charge in [-0.2, -0.15) is 0 Å². The maximum atomic E-state index is 5.11. The summed E-state index contributed by atoms with van der Waals surface area (Å²) in [4.78, 5) is 43.0. The molecule has 0 fully saturated rings. The molecule has 0 saturated carbocycles. The van der Waals surface area contributed by atoms with Crippen molar-refractivity contribution < 1.29 is 0 Å². The van der Waals surface area contributed by atoms with Crippen LogP contribution < -0.4 is 0 Å². The van der Waals surface area contributed by atoms with Crippen LogP contribution in [0.15, 0.2) is 121 Å². The van der Waals surface area contributed by atoms with Crippen molar-refractivity contribution in [3.63, 3.8) is 0 Å². The number of rotatable bonds is 6. The van der Waals surface area contributed by atoms with Crippen molar-refractivity contribution in [1.29, 1.82) is 0 Å². The molecule has 0 N–H and O–H groups in total. The standard InChI is InChI=1S/C40H29N9/c1-24-41-25(2)43-37(42-24)30-18-12-19-31(22-30)38-47-36(28-15-8-5-9-16-28)48-40(49-38)34-23-32(21-29-17-10-11-20-33(29)34)39-45-26(3)44-35(46-39)27-13-6-4-7-14-27/h4-23H,1-3H3. The number of nitrogens with zero attached hydrogens (tertiary/aromatic N) is 9. The molecule has 0 radical (unpaired) electrons. The fourth-order valence-electron chi connectivity index (χ4n) is 5.84. The molecule has 0 aliphatic heterocycles. The van der Waals surface area contributed by atoms with E-state index in [4.69, 9.17) is 24.9 Å². The molecule has 8 rings (SSSR count). The Labute approximate surface area is 283 Å². The summed E-state index contributed by atoms with van der Waals surface area (Å²) in [7, 11) is 0. The van der Waals surface area contributed by atoms with E-state index >= 15 is 0 Å². The maximum absolute atomic E-state index is 5.11. The minimum Gasteiger partial charge on any atom is -0.219 e. The Kier molecular flexibility index (Phi) is 7.62. The minimum atomic E-state index is 0.532. The first-order valence-electron chi connectivity index (χ1n) is 15.9. The van der Waals surface area contributed by atoms with Crippen LogP contribution in [0.25, 0.3) is 79.1 Å². The van der Waals surface area contributed by atoms with Gasteiger partial charge in [0.25, 0.3) is 0 Å². The minimum absolute atomic E-state index is 0.532. The third-order valence-corrected chi connectivity index (χ3v) is 8.05. The van der Waals surface area contributed by atoms with E-state index in [0.717, 1.165) is 44.2 Å². The number of aryl methyl sites for hydroxylation is 3. The van der Waals surface area contributed by atoms with Gasteiger partial charge in [0.05, 0.1) is 0 Å². The van der Waals surface area contributed by atoms with Crippen LogP contribution in [0.3, 0.4) is 0 Å². The Hall–Kier alpha value is -6.61. The second-order valence-electron chi connectivity index (χ2n) is 11.6. The lowest BCUT2D eigenvalue weighted by atomic mass is 9.99. The van der Waals surface area contributed by atoms with Gasteiger partial charge < -0.3 is 0 Å². The first-order chi connectivity index (χ1) is 24.0. The lowest BCUT2D eigenvalue weighted by Crippen LogP contribution is -2.02. The summed E-state index contributed by atoms with van der Waals surface area (Å²) in [5.74, 6) is 5.39. The molecule has 0 saturated heterocycles. The van der Waals surface area contributed by atoms with Crippen molar-refractivity contribution in [3.05, 3.63) is 139 Å². The SMILES string of the molecule is Cc1nc(C)nc(-c2cccc(-c3nc(-c4ccccc4)nc(-c4cc(-c5nc(C)nc(-c6ccccc6)n5)cc5ccccc45)n3)c2)n1. The number of aromatic nitrogens is 9. The topological polar surface area (TPSA) is 116 Å². The molecule has 0 bridgehead atoms. The fraction of sp³-hybridized carbons (Fsp3) is 0.0750. The Balaban J connectivity index is 1.33. The van der Waals surface area contributed by atoms with Crippen LogP contribution in [0, 0.1) is 20.8 Å². The number of fused-ring (bicyclic) bond motifs is 1. The molecular formula is C40H29N9. The molecular weight excluding hydrogens is 607 g/mol. The van der Waals surface area contributed by atoms with Gasteiger partial charge in [-0.05, 0) is 49.7 Å². The fourth-order valence-corrected chi connectivity index (χ4v) is 5.84. The van der Waals surface area contributed by atoms with Crippen LogP contribution in [-0.4, -0.2) is 44.9 Å². The lowest BCUT2D eigenvalue weighted by molar-refractivity contribution is 0.928. The molecule has 9 heteroatoms. The molecule has 9 nitrogen and oxygen atoms in total. The normalized spacial score (nSPS) is 11.2. The summed E-state index contributed by atoms with van der Waals surface area (Å²) < 4.78 is 0. The predicted molar refractivity (Wildman–Crippen MR) is 191 cm³/mol. The molecule has 3 heterocycles. The van der Waals surface area contributed by atoms with E-state index in [1.807, 2.05) is 118 Å². The highest BCUT2D eigenvalue weighted by molar-refractivity contribution is 5.98. The molecule has 0 aliphatic carbocycles. The van der Waals surface area contributed by atoms with E-state index < -0.39 is 0 Å². The van der Waals surface area contributed by atoms with Crippen LogP contribution in [-0.2, 0) is 0 Å². The molecule has 49 heavy (non-hydrogen) atoms. The Morgan fingerprint density at radius 3 is 1.35 bits per heavy atom. The molecule has 0 unspecified atom stereocenters. The van der Waals surface area contributed by atoms with E-state index in [-0.39, 0.29) is 0 Å². The van der Waals surface area contributed by atoms with Gasteiger partial charge in [-0.25, -0.2) is 44.9 Å². The van der Waals surface area contributed by atoms with Gasteiger partial charge in [0.1, 0.15) is 17.5 Å². The Morgan fingerprint density at radius 2 is 0.735 bits per heavy atom. The summed E-state index contributed by atoms with van der Waals surface area (Å²) in [5, 5.41) is 2.02. The second-order valence-corrected chi connectivity index (χ2v) is 11.6. The highest BCUT2D eigenvalue weighted by atomic mass is 15.0. The van der Waals surface area contributed by atoms with Gasteiger partial charge in [0.15, 0.2) is 34.9 Å². The van der Waals surface area contributed by atoms with E-state index in [1.165, 1.54) is 0 Å². The largest absolute Gasteiger partial charge is 0.219 e. The molecule has 0 spiro atoms. The summed E-state index contributed by atoms with van der Waals surface area (Å²) in [6, 6.07) is 40.2. The first-order valence-corrected chi connectivity index (χ1v) is 15.9.